The van der Waals surface area contributed by atoms with Gasteiger partial charge >= 0.3 is 5.97 Å². The third-order valence-corrected chi connectivity index (χ3v) is 3.86. The first-order valence-electron chi connectivity index (χ1n) is 7.28. The molecule has 0 heterocycles. The van der Waals surface area contributed by atoms with Crippen LogP contribution in [0.2, 0.25) is 0 Å². The average Bonchev–Trinajstić information content (AvgIpc) is 2.62. The first kappa shape index (κ1) is 17.1. The summed E-state index contributed by atoms with van der Waals surface area (Å²) in [7, 11) is 0. The lowest BCUT2D eigenvalue weighted by atomic mass is 10.1. The molecule has 0 aliphatic heterocycles. The SMILES string of the molecule is O=C1C(Cl)=CC(=Nc2ccc(OC(=O)c3ccccc3)cc2)C=C1Cl. The lowest BCUT2D eigenvalue weighted by Gasteiger charge is -2.07. The largest absolute Gasteiger partial charge is 0.423 e. The molecule has 0 amide bonds. The van der Waals surface area contributed by atoms with Gasteiger partial charge in [-0.3, -0.25) is 4.79 Å². The van der Waals surface area contributed by atoms with Gasteiger partial charge in [-0.25, -0.2) is 9.79 Å². The molecule has 0 saturated carbocycles. The number of carbonyl (C=O) groups excluding carboxylic acids is 2. The number of nitrogens with zero attached hydrogens (tertiary/aromatic N) is 1. The monoisotopic (exact) mass is 371 g/mol. The minimum Gasteiger partial charge on any atom is -0.423 e. The Morgan fingerprint density at radius 1 is 0.880 bits per heavy atom. The van der Waals surface area contributed by atoms with Gasteiger partial charge in [-0.15, -0.1) is 0 Å². The highest BCUT2D eigenvalue weighted by atomic mass is 35.5. The summed E-state index contributed by atoms with van der Waals surface area (Å²) in [4.78, 5) is 27.8. The maximum atomic E-state index is 12.0. The zero-order chi connectivity index (χ0) is 17.8. The number of Topliss-reactive ketones (excluding diaryl/α,β-unsaturated/α-hetero) is 1. The standard InChI is InChI=1S/C19H11Cl2NO3/c20-16-10-14(11-17(21)18(16)23)22-13-6-8-15(9-7-13)25-19(24)12-4-2-1-3-5-12/h1-11H. The van der Waals surface area contributed by atoms with Crippen LogP contribution >= 0.6 is 23.2 Å². The van der Waals surface area contributed by atoms with Gasteiger partial charge in [0.05, 0.1) is 27.0 Å². The first-order valence-corrected chi connectivity index (χ1v) is 8.03. The molecule has 0 radical (unpaired) electrons. The van der Waals surface area contributed by atoms with Gasteiger partial charge in [-0.1, -0.05) is 41.4 Å². The number of hydrogen-bond donors (Lipinski definition) is 0. The molecular weight excluding hydrogens is 361 g/mol. The van der Waals surface area contributed by atoms with Crippen molar-refractivity contribution in [2.45, 2.75) is 0 Å². The van der Waals surface area contributed by atoms with Crippen molar-refractivity contribution < 1.29 is 14.3 Å². The van der Waals surface area contributed by atoms with Crippen molar-refractivity contribution in [3.8, 4) is 5.75 Å². The minimum atomic E-state index is -0.435. The van der Waals surface area contributed by atoms with Crippen molar-refractivity contribution in [1.82, 2.24) is 0 Å². The van der Waals surface area contributed by atoms with E-state index in [-0.39, 0.29) is 10.1 Å². The molecule has 0 spiro atoms. The number of carbonyl (C=O) groups is 2. The summed E-state index contributed by atoms with van der Waals surface area (Å²) in [6, 6.07) is 15.3. The van der Waals surface area contributed by atoms with E-state index in [1.807, 2.05) is 6.07 Å². The second kappa shape index (κ2) is 7.47. The molecule has 0 fully saturated rings. The van der Waals surface area contributed by atoms with Gasteiger partial charge in [-0.05, 0) is 48.6 Å². The molecular formula is C19H11Cl2NO3. The summed E-state index contributed by atoms with van der Waals surface area (Å²) in [5.41, 5.74) is 1.53. The van der Waals surface area contributed by atoms with Crippen molar-refractivity contribution in [3.05, 3.63) is 82.4 Å². The van der Waals surface area contributed by atoms with Crippen LogP contribution in [0.15, 0.2) is 81.8 Å². The summed E-state index contributed by atoms with van der Waals surface area (Å²) in [5.74, 6) is -0.459. The third kappa shape index (κ3) is 4.24. The molecule has 4 nitrogen and oxygen atoms in total. The number of hydrogen-bond acceptors (Lipinski definition) is 4. The van der Waals surface area contributed by atoms with E-state index in [4.69, 9.17) is 27.9 Å². The third-order valence-electron chi connectivity index (χ3n) is 3.30. The molecule has 124 valence electrons. The molecule has 0 saturated heterocycles. The van der Waals surface area contributed by atoms with Crippen LogP contribution in [0.5, 0.6) is 5.75 Å². The van der Waals surface area contributed by atoms with E-state index in [1.54, 1.807) is 48.5 Å². The van der Waals surface area contributed by atoms with Crippen LogP contribution < -0.4 is 4.74 Å². The van der Waals surface area contributed by atoms with Gasteiger partial charge < -0.3 is 4.74 Å². The van der Waals surface area contributed by atoms with E-state index in [9.17, 15) is 9.59 Å². The highest BCUT2D eigenvalue weighted by Gasteiger charge is 2.17. The van der Waals surface area contributed by atoms with Crippen LogP contribution in [-0.4, -0.2) is 17.5 Å². The Hall–Kier alpha value is -2.69. The lowest BCUT2D eigenvalue weighted by Crippen LogP contribution is -2.08. The Kier molecular flexibility index (Phi) is 5.12. The summed E-state index contributed by atoms with van der Waals surface area (Å²) in [6.45, 7) is 0. The zero-order valence-corrected chi connectivity index (χ0v) is 14.3. The molecule has 0 atom stereocenters. The summed E-state index contributed by atoms with van der Waals surface area (Å²) >= 11 is 11.6. The fourth-order valence-electron chi connectivity index (χ4n) is 2.09. The van der Waals surface area contributed by atoms with Gasteiger partial charge in [0.1, 0.15) is 5.75 Å². The average molecular weight is 372 g/mol. The number of aliphatic imine (C=N–C) groups is 1. The Labute approximate surface area is 154 Å². The summed E-state index contributed by atoms with van der Waals surface area (Å²) in [6.07, 6.45) is 2.89. The van der Waals surface area contributed by atoms with E-state index in [1.165, 1.54) is 12.2 Å². The van der Waals surface area contributed by atoms with Gasteiger partial charge in [0.25, 0.3) is 0 Å². The molecule has 25 heavy (non-hydrogen) atoms. The maximum Gasteiger partial charge on any atom is 0.343 e. The molecule has 0 unspecified atom stereocenters. The number of halogens is 2. The van der Waals surface area contributed by atoms with Crippen LogP contribution in [0.4, 0.5) is 5.69 Å². The van der Waals surface area contributed by atoms with E-state index >= 15 is 0 Å². The van der Waals surface area contributed by atoms with Crippen molar-refractivity contribution in [2.75, 3.05) is 0 Å². The first-order chi connectivity index (χ1) is 12.0. The molecule has 1 aliphatic carbocycles. The Morgan fingerprint density at radius 2 is 1.48 bits per heavy atom. The second-order valence-electron chi connectivity index (χ2n) is 5.10. The fourth-order valence-corrected chi connectivity index (χ4v) is 2.56. The molecule has 0 N–H and O–H groups in total. The molecule has 2 aromatic rings. The van der Waals surface area contributed by atoms with Gasteiger partial charge in [0, 0.05) is 0 Å². The van der Waals surface area contributed by atoms with Gasteiger partial charge in [-0.2, -0.15) is 0 Å². The van der Waals surface area contributed by atoms with Crippen LogP contribution in [0.3, 0.4) is 0 Å². The van der Waals surface area contributed by atoms with Gasteiger partial charge in [0.2, 0.25) is 5.78 Å². The number of esters is 1. The van der Waals surface area contributed by atoms with Crippen molar-refractivity contribution in [3.63, 3.8) is 0 Å². The van der Waals surface area contributed by atoms with Crippen molar-refractivity contribution in [1.29, 1.82) is 0 Å². The quantitative estimate of drug-likeness (QED) is 0.442. The molecule has 2 aromatic carbocycles. The number of ketones is 1. The van der Waals surface area contributed by atoms with Crippen molar-refractivity contribution in [2.24, 2.45) is 4.99 Å². The summed E-state index contributed by atoms with van der Waals surface area (Å²) in [5, 5.41) is 0.0272. The van der Waals surface area contributed by atoms with Crippen LogP contribution in [0.25, 0.3) is 0 Å². The van der Waals surface area contributed by atoms with Crippen LogP contribution in [0, 0.1) is 0 Å². The number of ether oxygens (including phenoxy) is 1. The number of allylic oxidation sites excluding steroid dienone is 4. The minimum absolute atomic E-state index is 0.0136. The highest BCUT2D eigenvalue weighted by molar-refractivity contribution is 6.57. The highest BCUT2D eigenvalue weighted by Crippen LogP contribution is 2.23. The van der Waals surface area contributed by atoms with Crippen molar-refractivity contribution >= 4 is 46.4 Å². The smallest absolute Gasteiger partial charge is 0.343 e. The van der Waals surface area contributed by atoms with E-state index < -0.39 is 11.8 Å². The number of rotatable bonds is 3. The zero-order valence-electron chi connectivity index (χ0n) is 12.8. The normalized spacial score (nSPS) is 13.8. The molecule has 0 bridgehead atoms. The Bertz CT molecular complexity index is 889. The molecule has 3 rings (SSSR count). The van der Waals surface area contributed by atoms with E-state index in [0.717, 1.165) is 0 Å². The van der Waals surface area contributed by atoms with Gasteiger partial charge in [0.15, 0.2) is 0 Å². The summed E-state index contributed by atoms with van der Waals surface area (Å²) < 4.78 is 5.30. The van der Waals surface area contributed by atoms with Crippen LogP contribution in [-0.2, 0) is 4.79 Å². The fraction of sp³-hybridized carbons (Fsp3) is 0. The van der Waals surface area contributed by atoms with E-state index in [0.29, 0.717) is 22.7 Å². The molecule has 6 heteroatoms. The lowest BCUT2D eigenvalue weighted by molar-refractivity contribution is -0.111. The van der Waals surface area contributed by atoms with E-state index in [2.05, 4.69) is 4.99 Å². The molecule has 0 aromatic heterocycles. The maximum absolute atomic E-state index is 12.0. The predicted octanol–water partition coefficient (Wildman–Crippen LogP) is 4.81. The molecule has 1 aliphatic rings. The topological polar surface area (TPSA) is 55.7 Å². The Morgan fingerprint density at radius 3 is 2.08 bits per heavy atom. The predicted molar refractivity (Wildman–Crippen MR) is 97.8 cm³/mol. The Balaban J connectivity index is 1.74. The second-order valence-corrected chi connectivity index (χ2v) is 5.91. The van der Waals surface area contributed by atoms with Crippen LogP contribution in [0.1, 0.15) is 10.4 Å². The number of benzene rings is 2.